The van der Waals surface area contributed by atoms with E-state index in [1.54, 1.807) is 24.7 Å². The van der Waals surface area contributed by atoms with Gasteiger partial charge in [0.2, 0.25) is 0 Å². The van der Waals surface area contributed by atoms with Crippen LogP contribution >= 0.6 is 0 Å². The molecular weight excluding hydrogens is 308 g/mol. The maximum Gasteiger partial charge on any atom is 0.255 e. The normalized spacial score (nSPS) is 20.5. The van der Waals surface area contributed by atoms with Gasteiger partial charge in [-0.15, -0.1) is 0 Å². The van der Waals surface area contributed by atoms with Crippen LogP contribution in [0.4, 0.5) is 0 Å². The van der Waals surface area contributed by atoms with Gasteiger partial charge < -0.3 is 10.1 Å². The van der Waals surface area contributed by atoms with Crippen molar-refractivity contribution in [1.82, 2.24) is 29.9 Å². The smallest absolute Gasteiger partial charge is 0.255 e. The van der Waals surface area contributed by atoms with Crippen molar-refractivity contribution in [3.8, 4) is 0 Å². The maximum absolute atomic E-state index is 12.7. The predicted octanol–water partition coefficient (Wildman–Crippen LogP) is 1.21. The van der Waals surface area contributed by atoms with Gasteiger partial charge in [0.1, 0.15) is 11.6 Å². The largest absolute Gasteiger partial charge is 0.370 e. The van der Waals surface area contributed by atoms with Crippen LogP contribution in [0.5, 0.6) is 0 Å². The number of fused-ring (bicyclic) bond motifs is 1. The van der Waals surface area contributed by atoms with E-state index in [0.29, 0.717) is 17.7 Å². The minimum absolute atomic E-state index is 0.0916. The molecule has 0 unspecified atom stereocenters. The van der Waals surface area contributed by atoms with Crippen molar-refractivity contribution in [2.75, 3.05) is 6.61 Å². The molecule has 8 nitrogen and oxygen atoms in total. The van der Waals surface area contributed by atoms with Crippen LogP contribution in [0, 0.1) is 0 Å². The average molecular weight is 326 g/mol. The van der Waals surface area contributed by atoms with Gasteiger partial charge in [0.05, 0.1) is 23.5 Å². The van der Waals surface area contributed by atoms with E-state index in [1.807, 2.05) is 23.7 Å². The van der Waals surface area contributed by atoms with Crippen molar-refractivity contribution in [1.29, 1.82) is 0 Å². The number of ether oxygens (including phenoxy) is 1. The summed E-state index contributed by atoms with van der Waals surface area (Å²) in [7, 11) is 0. The third-order valence-corrected chi connectivity index (χ3v) is 4.30. The van der Waals surface area contributed by atoms with Gasteiger partial charge in [-0.1, -0.05) is 0 Å². The van der Waals surface area contributed by atoms with E-state index in [4.69, 9.17) is 4.74 Å². The molecule has 1 fully saturated rings. The Labute approximate surface area is 138 Å². The summed E-state index contributed by atoms with van der Waals surface area (Å²) in [5.74, 6) is -0.166. The predicted molar refractivity (Wildman–Crippen MR) is 85.5 cm³/mol. The summed E-state index contributed by atoms with van der Waals surface area (Å²) in [6.07, 6.45) is 5.52. The van der Waals surface area contributed by atoms with E-state index in [2.05, 4.69) is 20.6 Å². The zero-order valence-electron chi connectivity index (χ0n) is 13.3. The summed E-state index contributed by atoms with van der Waals surface area (Å²) in [6, 6.07) is 5.46. The highest BCUT2D eigenvalue weighted by molar-refractivity contribution is 6.00. The summed E-state index contributed by atoms with van der Waals surface area (Å²) in [6.45, 7) is 3.41. The van der Waals surface area contributed by atoms with E-state index in [0.717, 1.165) is 18.7 Å². The van der Waals surface area contributed by atoms with Gasteiger partial charge in [0.15, 0.2) is 0 Å². The van der Waals surface area contributed by atoms with Crippen LogP contribution in [0.1, 0.15) is 35.5 Å². The van der Waals surface area contributed by atoms with Crippen LogP contribution in [0.2, 0.25) is 0 Å². The molecule has 124 valence electrons. The van der Waals surface area contributed by atoms with E-state index in [-0.39, 0.29) is 18.1 Å². The van der Waals surface area contributed by atoms with Crippen LogP contribution < -0.4 is 5.32 Å². The number of hydrogen-bond acceptors (Lipinski definition) is 5. The lowest BCUT2D eigenvalue weighted by Crippen LogP contribution is -2.37. The molecule has 1 N–H and O–H groups in total. The molecule has 1 aliphatic rings. The third kappa shape index (κ3) is 2.44. The molecule has 2 atom stereocenters. The standard InChI is InChI=1S/C16H18N6O2/c1-2-21-14(5-8-17-21)15-12(6-9-24-15)20-16(23)11-10-19-22-13(11)4-3-7-18-22/h3-5,7-8,10,12,15H,2,6,9H2,1H3,(H,20,23)/t12-,15-/m0/s1. The molecule has 24 heavy (non-hydrogen) atoms. The molecule has 1 saturated heterocycles. The van der Waals surface area contributed by atoms with Crippen molar-refractivity contribution < 1.29 is 9.53 Å². The monoisotopic (exact) mass is 326 g/mol. The fourth-order valence-electron chi connectivity index (χ4n) is 3.13. The SMILES string of the molecule is CCn1nccc1[C@H]1OCC[C@@H]1NC(=O)c1cnn2ncccc12. The summed E-state index contributed by atoms with van der Waals surface area (Å²) < 4.78 is 9.19. The first-order chi connectivity index (χ1) is 11.8. The fourth-order valence-corrected chi connectivity index (χ4v) is 3.13. The van der Waals surface area contributed by atoms with Gasteiger partial charge in [-0.25, -0.2) is 0 Å². The van der Waals surface area contributed by atoms with Crippen molar-refractivity contribution >= 4 is 11.4 Å². The van der Waals surface area contributed by atoms with E-state index >= 15 is 0 Å². The number of rotatable bonds is 4. The van der Waals surface area contributed by atoms with Gasteiger partial charge in [0, 0.05) is 25.5 Å². The number of nitrogens with one attached hydrogen (secondary N) is 1. The summed E-state index contributed by atoms with van der Waals surface area (Å²) in [5.41, 5.74) is 2.18. The number of aromatic nitrogens is 5. The Kier molecular flexibility index (Phi) is 3.73. The molecule has 8 heteroatoms. The Morgan fingerprint density at radius 2 is 2.25 bits per heavy atom. The van der Waals surface area contributed by atoms with Crippen LogP contribution in [-0.4, -0.2) is 43.2 Å². The van der Waals surface area contributed by atoms with Crippen LogP contribution in [-0.2, 0) is 11.3 Å². The number of carbonyl (C=O) groups is 1. The van der Waals surface area contributed by atoms with Gasteiger partial charge in [-0.05, 0) is 31.5 Å². The van der Waals surface area contributed by atoms with Gasteiger partial charge >= 0.3 is 0 Å². The molecule has 0 radical (unpaired) electrons. The Balaban J connectivity index is 1.57. The average Bonchev–Trinajstić information content (AvgIpc) is 3.32. The molecule has 0 spiro atoms. The highest BCUT2D eigenvalue weighted by Gasteiger charge is 2.33. The van der Waals surface area contributed by atoms with Gasteiger partial charge in [-0.3, -0.25) is 9.48 Å². The van der Waals surface area contributed by atoms with Crippen molar-refractivity contribution in [3.63, 3.8) is 0 Å². The topological polar surface area (TPSA) is 86.3 Å². The molecule has 0 bridgehead atoms. The first kappa shape index (κ1) is 14.8. The molecule has 1 aliphatic heterocycles. The Hall–Kier alpha value is -2.74. The highest BCUT2D eigenvalue weighted by atomic mass is 16.5. The zero-order chi connectivity index (χ0) is 16.5. The molecule has 4 rings (SSSR count). The van der Waals surface area contributed by atoms with Crippen LogP contribution in [0.15, 0.2) is 36.8 Å². The lowest BCUT2D eigenvalue weighted by molar-refractivity contribution is 0.0790. The molecular formula is C16H18N6O2. The molecule has 3 aromatic heterocycles. The quantitative estimate of drug-likeness (QED) is 0.779. The number of aryl methyl sites for hydroxylation is 1. The first-order valence-corrected chi connectivity index (χ1v) is 8.01. The van der Waals surface area contributed by atoms with E-state index in [1.165, 1.54) is 4.63 Å². The molecule has 3 aromatic rings. The molecule has 0 aromatic carbocycles. The lowest BCUT2D eigenvalue weighted by Gasteiger charge is -2.20. The van der Waals surface area contributed by atoms with Crippen molar-refractivity contribution in [2.45, 2.75) is 32.0 Å². The molecule has 1 amide bonds. The second-order valence-electron chi connectivity index (χ2n) is 5.69. The zero-order valence-corrected chi connectivity index (χ0v) is 13.3. The Bertz CT molecular complexity index is 870. The Morgan fingerprint density at radius 3 is 3.12 bits per heavy atom. The number of hydrogen-bond donors (Lipinski definition) is 1. The second-order valence-corrected chi connectivity index (χ2v) is 5.69. The van der Waals surface area contributed by atoms with Crippen molar-refractivity contribution in [3.05, 3.63) is 48.0 Å². The number of nitrogens with zero attached hydrogens (tertiary/aromatic N) is 5. The minimum Gasteiger partial charge on any atom is -0.370 e. The Morgan fingerprint density at radius 1 is 1.33 bits per heavy atom. The molecule has 4 heterocycles. The van der Waals surface area contributed by atoms with E-state index in [9.17, 15) is 4.79 Å². The van der Waals surface area contributed by atoms with Gasteiger partial charge in [0.25, 0.3) is 5.91 Å². The lowest BCUT2D eigenvalue weighted by atomic mass is 10.1. The first-order valence-electron chi connectivity index (χ1n) is 8.01. The van der Waals surface area contributed by atoms with Gasteiger partial charge in [-0.2, -0.15) is 19.9 Å². The summed E-state index contributed by atoms with van der Waals surface area (Å²) in [4.78, 5) is 12.7. The van der Waals surface area contributed by atoms with Crippen LogP contribution in [0.3, 0.4) is 0 Å². The van der Waals surface area contributed by atoms with E-state index < -0.39 is 0 Å². The number of amides is 1. The third-order valence-electron chi connectivity index (χ3n) is 4.30. The van der Waals surface area contributed by atoms with Crippen molar-refractivity contribution in [2.24, 2.45) is 0 Å². The second kappa shape index (κ2) is 6.04. The minimum atomic E-state index is -0.184. The van der Waals surface area contributed by atoms with Crippen LogP contribution in [0.25, 0.3) is 5.52 Å². The highest BCUT2D eigenvalue weighted by Crippen LogP contribution is 2.29. The summed E-state index contributed by atoms with van der Waals surface area (Å²) in [5, 5.41) is 15.6. The summed E-state index contributed by atoms with van der Waals surface area (Å²) >= 11 is 0. The molecule has 0 saturated carbocycles. The maximum atomic E-state index is 12.7. The number of carbonyl (C=O) groups excluding carboxylic acids is 1. The molecule has 0 aliphatic carbocycles. The fraction of sp³-hybridized carbons (Fsp3) is 0.375.